The number of alkyl halides is 3. The summed E-state index contributed by atoms with van der Waals surface area (Å²) in [4.78, 5) is 23.8. The fourth-order valence-electron chi connectivity index (χ4n) is 3.36. The van der Waals surface area contributed by atoms with Crippen molar-refractivity contribution in [3.63, 3.8) is 0 Å². The SMILES string of the molecule is O=C(Nc1ccc2cc(-c3ccccc3C(F)(F)F)[nH]c2n1)c1cc2ccoc2cn1. The van der Waals surface area contributed by atoms with E-state index >= 15 is 0 Å². The molecule has 0 aliphatic carbocycles. The molecule has 0 radical (unpaired) electrons. The summed E-state index contributed by atoms with van der Waals surface area (Å²) in [5.74, 6) is -0.228. The summed E-state index contributed by atoms with van der Waals surface area (Å²) in [6, 6.07) is 13.5. The zero-order valence-electron chi connectivity index (χ0n) is 15.7. The molecule has 5 aromatic rings. The number of amides is 1. The molecular formula is C22H13F3N4O2. The van der Waals surface area contributed by atoms with Gasteiger partial charge in [-0.15, -0.1) is 0 Å². The third-order valence-electron chi connectivity index (χ3n) is 4.82. The Morgan fingerprint density at radius 3 is 2.71 bits per heavy atom. The van der Waals surface area contributed by atoms with Crippen molar-refractivity contribution in [3.8, 4) is 11.3 Å². The highest BCUT2D eigenvalue weighted by Crippen LogP contribution is 2.37. The lowest BCUT2D eigenvalue weighted by Crippen LogP contribution is -2.14. The van der Waals surface area contributed by atoms with Crippen LogP contribution >= 0.6 is 0 Å². The van der Waals surface area contributed by atoms with Gasteiger partial charge in [0.1, 0.15) is 17.2 Å². The number of fused-ring (bicyclic) bond motifs is 2. The van der Waals surface area contributed by atoms with Crippen molar-refractivity contribution in [2.45, 2.75) is 6.18 Å². The van der Waals surface area contributed by atoms with Gasteiger partial charge >= 0.3 is 6.18 Å². The number of H-pyrrole nitrogens is 1. The number of furan rings is 1. The van der Waals surface area contributed by atoms with Crippen LogP contribution in [0.2, 0.25) is 0 Å². The Bertz CT molecular complexity index is 1440. The maximum Gasteiger partial charge on any atom is 0.417 e. The molecule has 0 saturated heterocycles. The summed E-state index contributed by atoms with van der Waals surface area (Å²) in [6.45, 7) is 0. The minimum atomic E-state index is -4.48. The molecule has 5 rings (SSSR count). The number of nitrogens with one attached hydrogen (secondary N) is 2. The third kappa shape index (κ3) is 3.50. The van der Waals surface area contributed by atoms with Gasteiger partial charge in [0.2, 0.25) is 0 Å². The van der Waals surface area contributed by atoms with E-state index in [1.807, 2.05) is 0 Å². The van der Waals surface area contributed by atoms with E-state index in [1.165, 1.54) is 24.6 Å². The van der Waals surface area contributed by atoms with Crippen molar-refractivity contribution in [1.82, 2.24) is 15.0 Å². The molecule has 31 heavy (non-hydrogen) atoms. The number of anilines is 1. The van der Waals surface area contributed by atoms with E-state index in [0.29, 0.717) is 16.6 Å². The molecule has 1 amide bonds. The Kier molecular flexibility index (Phi) is 4.25. The molecule has 6 nitrogen and oxygen atoms in total. The van der Waals surface area contributed by atoms with Crippen LogP contribution in [0.3, 0.4) is 0 Å². The number of aromatic nitrogens is 3. The van der Waals surface area contributed by atoms with Crippen molar-refractivity contribution in [2.75, 3.05) is 5.32 Å². The van der Waals surface area contributed by atoms with E-state index in [2.05, 4.69) is 20.3 Å². The molecule has 0 atom stereocenters. The predicted octanol–water partition coefficient (Wildman–Crippen LogP) is 5.64. The van der Waals surface area contributed by atoms with Crippen molar-refractivity contribution >= 4 is 33.7 Å². The summed E-state index contributed by atoms with van der Waals surface area (Å²) in [5, 5.41) is 4.00. The smallest absolute Gasteiger partial charge is 0.417 e. The first-order valence-electron chi connectivity index (χ1n) is 9.19. The van der Waals surface area contributed by atoms with Crippen molar-refractivity contribution in [2.24, 2.45) is 0 Å². The zero-order chi connectivity index (χ0) is 21.6. The van der Waals surface area contributed by atoms with Gasteiger partial charge in [-0.3, -0.25) is 4.79 Å². The number of carbonyl (C=O) groups is 1. The second kappa shape index (κ2) is 6.98. The van der Waals surface area contributed by atoms with Crippen LogP contribution in [0.5, 0.6) is 0 Å². The zero-order valence-corrected chi connectivity index (χ0v) is 15.7. The Hall–Kier alpha value is -4.14. The molecule has 0 saturated carbocycles. The van der Waals surface area contributed by atoms with Crippen LogP contribution in [0.15, 0.2) is 71.5 Å². The van der Waals surface area contributed by atoms with Gasteiger partial charge in [0.05, 0.1) is 18.0 Å². The third-order valence-corrected chi connectivity index (χ3v) is 4.82. The first-order chi connectivity index (χ1) is 14.9. The van der Waals surface area contributed by atoms with E-state index in [-0.39, 0.29) is 22.8 Å². The normalized spacial score (nSPS) is 11.8. The van der Waals surface area contributed by atoms with Gasteiger partial charge in [0, 0.05) is 22.0 Å². The molecule has 1 aromatic carbocycles. The molecular weight excluding hydrogens is 409 g/mol. The Morgan fingerprint density at radius 1 is 1.03 bits per heavy atom. The van der Waals surface area contributed by atoms with Crippen LogP contribution in [0, 0.1) is 0 Å². The molecule has 0 aliphatic heterocycles. The Morgan fingerprint density at radius 2 is 1.87 bits per heavy atom. The lowest BCUT2D eigenvalue weighted by Gasteiger charge is -2.11. The van der Waals surface area contributed by atoms with Crippen molar-refractivity contribution < 1.29 is 22.4 Å². The number of pyridine rings is 2. The standard InChI is InChI=1S/C22H13F3N4O2/c23-22(24,25)15-4-2-1-3-14(15)16-10-13-5-6-19(28-20(13)27-16)29-21(30)17-9-12-7-8-31-18(12)11-26-17/h1-11H,(H2,27,28,29,30). The van der Waals surface area contributed by atoms with Gasteiger partial charge < -0.3 is 14.7 Å². The minimum absolute atomic E-state index is 0.0243. The second-order valence-corrected chi connectivity index (χ2v) is 6.84. The molecule has 2 N–H and O–H groups in total. The number of carbonyl (C=O) groups excluding carboxylic acids is 1. The van der Waals surface area contributed by atoms with Crippen LogP contribution in [0.1, 0.15) is 16.1 Å². The number of halogens is 3. The molecule has 0 aliphatic rings. The van der Waals surface area contributed by atoms with E-state index in [4.69, 9.17) is 4.42 Å². The van der Waals surface area contributed by atoms with Crippen molar-refractivity contribution in [1.29, 1.82) is 0 Å². The number of hydrogen-bond acceptors (Lipinski definition) is 4. The highest BCUT2D eigenvalue weighted by atomic mass is 19.4. The maximum atomic E-state index is 13.3. The summed E-state index contributed by atoms with van der Waals surface area (Å²) >= 11 is 0. The Labute approximate surface area is 172 Å². The summed E-state index contributed by atoms with van der Waals surface area (Å²) < 4.78 is 45.2. The largest absolute Gasteiger partial charge is 0.463 e. The Balaban J connectivity index is 1.45. The van der Waals surface area contributed by atoms with Crippen LogP contribution < -0.4 is 5.32 Å². The lowest BCUT2D eigenvalue weighted by molar-refractivity contribution is -0.137. The number of nitrogens with zero attached hydrogens (tertiary/aromatic N) is 2. The summed E-state index contributed by atoms with van der Waals surface area (Å²) in [5.41, 5.74) is 0.664. The second-order valence-electron chi connectivity index (χ2n) is 6.84. The van der Waals surface area contributed by atoms with Crippen molar-refractivity contribution in [3.05, 3.63) is 78.3 Å². The number of hydrogen-bond donors (Lipinski definition) is 2. The first-order valence-corrected chi connectivity index (χ1v) is 9.19. The maximum absolute atomic E-state index is 13.3. The van der Waals surface area contributed by atoms with E-state index in [9.17, 15) is 18.0 Å². The molecule has 0 spiro atoms. The van der Waals surface area contributed by atoms with Gasteiger partial charge in [0.25, 0.3) is 5.91 Å². The van der Waals surface area contributed by atoms with E-state index in [0.717, 1.165) is 11.5 Å². The summed E-state index contributed by atoms with van der Waals surface area (Å²) in [6.07, 6.45) is -1.52. The highest BCUT2D eigenvalue weighted by Gasteiger charge is 2.33. The first kappa shape index (κ1) is 18.9. The van der Waals surface area contributed by atoms with Crippen LogP contribution in [0.25, 0.3) is 33.3 Å². The molecule has 154 valence electrons. The monoisotopic (exact) mass is 422 g/mol. The van der Waals surface area contributed by atoms with Crippen LogP contribution in [-0.4, -0.2) is 20.9 Å². The number of aromatic amines is 1. The van der Waals surface area contributed by atoms with Gasteiger partial charge in [-0.2, -0.15) is 13.2 Å². The van der Waals surface area contributed by atoms with E-state index in [1.54, 1.807) is 36.4 Å². The molecule has 0 bridgehead atoms. The predicted molar refractivity (Wildman–Crippen MR) is 108 cm³/mol. The average Bonchev–Trinajstić information content (AvgIpc) is 3.39. The van der Waals surface area contributed by atoms with Crippen LogP contribution in [-0.2, 0) is 6.18 Å². The number of rotatable bonds is 3. The molecule has 4 heterocycles. The van der Waals surface area contributed by atoms with Gasteiger partial charge in [-0.25, -0.2) is 9.97 Å². The topological polar surface area (TPSA) is 83.8 Å². The lowest BCUT2D eigenvalue weighted by atomic mass is 10.0. The fourth-order valence-corrected chi connectivity index (χ4v) is 3.36. The highest BCUT2D eigenvalue weighted by molar-refractivity contribution is 6.04. The molecule has 0 unspecified atom stereocenters. The van der Waals surface area contributed by atoms with Gasteiger partial charge in [0.15, 0.2) is 5.58 Å². The minimum Gasteiger partial charge on any atom is -0.463 e. The number of benzene rings is 1. The van der Waals surface area contributed by atoms with Gasteiger partial charge in [-0.05, 0) is 36.4 Å². The quantitative estimate of drug-likeness (QED) is 0.394. The van der Waals surface area contributed by atoms with Gasteiger partial charge in [-0.1, -0.05) is 18.2 Å². The molecule has 4 aromatic heterocycles. The van der Waals surface area contributed by atoms with Crippen LogP contribution in [0.4, 0.5) is 19.0 Å². The molecule has 0 fully saturated rings. The average molecular weight is 422 g/mol. The molecule has 9 heteroatoms. The summed E-state index contributed by atoms with van der Waals surface area (Å²) in [7, 11) is 0. The van der Waals surface area contributed by atoms with E-state index < -0.39 is 17.6 Å². The fraction of sp³-hybridized carbons (Fsp3) is 0.0455.